The van der Waals surface area contributed by atoms with Crippen molar-refractivity contribution in [2.24, 2.45) is 4.99 Å². The number of nitrogens with zero attached hydrogens (tertiary/aromatic N) is 4. The fourth-order valence-electron chi connectivity index (χ4n) is 4.92. The summed E-state index contributed by atoms with van der Waals surface area (Å²) in [6.07, 6.45) is 3.77. The van der Waals surface area contributed by atoms with Crippen molar-refractivity contribution in [3.05, 3.63) is 138 Å². The first-order chi connectivity index (χ1) is 19.9. The lowest BCUT2D eigenvalue weighted by Crippen LogP contribution is -2.39. The van der Waals surface area contributed by atoms with Crippen molar-refractivity contribution in [2.45, 2.75) is 19.9 Å². The molecule has 7 nitrogen and oxygen atoms in total. The topological polar surface area (TPSA) is 78.5 Å². The van der Waals surface area contributed by atoms with E-state index in [2.05, 4.69) is 4.99 Å². The molecule has 3 aromatic carbocycles. The van der Waals surface area contributed by atoms with Crippen LogP contribution < -0.4 is 14.9 Å². The smallest absolute Gasteiger partial charge is 0.338 e. The number of fused-ring (bicyclic) bond motifs is 1. The zero-order valence-corrected chi connectivity index (χ0v) is 23.9. The molecule has 1 atom stereocenters. The molecular formula is C32H25ClN4O3S. The van der Waals surface area contributed by atoms with Gasteiger partial charge in [0.2, 0.25) is 0 Å². The van der Waals surface area contributed by atoms with Crippen molar-refractivity contribution < 1.29 is 9.53 Å². The Labute approximate surface area is 245 Å². The minimum atomic E-state index is -0.703. The SMILES string of the molecule is CCOC(=O)C1=C(C)N=c2s/c(=C\c3cn(-c4ccccc4)nc3-c3ccccc3)c(=O)n2[C@H]1c1ccc(Cl)cc1. The summed E-state index contributed by atoms with van der Waals surface area (Å²) in [5.74, 6) is -0.501. The third-order valence-electron chi connectivity index (χ3n) is 6.80. The zero-order chi connectivity index (χ0) is 28.5. The predicted octanol–water partition coefficient (Wildman–Crippen LogP) is 5.30. The third-order valence-corrected chi connectivity index (χ3v) is 8.03. The van der Waals surface area contributed by atoms with Gasteiger partial charge >= 0.3 is 5.97 Å². The third kappa shape index (κ3) is 5.08. The number of hydrogen-bond donors (Lipinski definition) is 0. The Bertz CT molecular complexity index is 1960. The first-order valence-electron chi connectivity index (χ1n) is 13.1. The van der Waals surface area contributed by atoms with E-state index in [0.717, 1.165) is 28.1 Å². The Hall–Kier alpha value is -4.53. The van der Waals surface area contributed by atoms with Crippen molar-refractivity contribution in [1.29, 1.82) is 0 Å². The fraction of sp³-hybridized carbons (Fsp3) is 0.125. The van der Waals surface area contributed by atoms with E-state index in [4.69, 9.17) is 21.4 Å². The van der Waals surface area contributed by atoms with Crippen LogP contribution in [0.3, 0.4) is 0 Å². The molecule has 0 bridgehead atoms. The van der Waals surface area contributed by atoms with Gasteiger partial charge in [-0.2, -0.15) is 5.10 Å². The summed E-state index contributed by atoms with van der Waals surface area (Å²) < 4.78 is 9.24. The summed E-state index contributed by atoms with van der Waals surface area (Å²) in [6.45, 7) is 3.73. The molecule has 3 heterocycles. The number of carbonyl (C=O) groups is 1. The molecule has 0 radical (unpaired) electrons. The van der Waals surface area contributed by atoms with Crippen molar-refractivity contribution in [2.75, 3.05) is 6.61 Å². The fourth-order valence-corrected chi connectivity index (χ4v) is 6.08. The molecular weight excluding hydrogens is 556 g/mol. The van der Waals surface area contributed by atoms with Gasteiger partial charge < -0.3 is 4.74 Å². The van der Waals surface area contributed by atoms with Crippen LogP contribution in [0, 0.1) is 0 Å². The Morgan fingerprint density at radius 2 is 1.71 bits per heavy atom. The first-order valence-corrected chi connectivity index (χ1v) is 14.3. The number of thiazole rings is 1. The number of benzene rings is 3. The lowest BCUT2D eigenvalue weighted by atomic mass is 9.96. The Morgan fingerprint density at radius 3 is 2.39 bits per heavy atom. The van der Waals surface area contributed by atoms with Gasteiger partial charge in [-0.1, -0.05) is 83.6 Å². The molecule has 5 aromatic rings. The lowest BCUT2D eigenvalue weighted by molar-refractivity contribution is -0.139. The molecule has 41 heavy (non-hydrogen) atoms. The van der Waals surface area contributed by atoms with Crippen LogP contribution in [0.1, 0.15) is 31.0 Å². The van der Waals surface area contributed by atoms with Gasteiger partial charge in [0, 0.05) is 22.3 Å². The van der Waals surface area contributed by atoms with Gasteiger partial charge in [-0.25, -0.2) is 14.5 Å². The van der Waals surface area contributed by atoms with Crippen LogP contribution in [-0.2, 0) is 9.53 Å². The van der Waals surface area contributed by atoms with E-state index in [0.29, 0.717) is 25.6 Å². The zero-order valence-electron chi connectivity index (χ0n) is 22.3. The molecule has 204 valence electrons. The van der Waals surface area contributed by atoms with Gasteiger partial charge in [-0.15, -0.1) is 0 Å². The van der Waals surface area contributed by atoms with Crippen LogP contribution >= 0.6 is 22.9 Å². The molecule has 0 saturated heterocycles. The maximum Gasteiger partial charge on any atom is 0.338 e. The van der Waals surface area contributed by atoms with Crippen molar-refractivity contribution in [3.8, 4) is 16.9 Å². The van der Waals surface area contributed by atoms with E-state index in [1.807, 2.05) is 89.8 Å². The average Bonchev–Trinajstić information content (AvgIpc) is 3.54. The molecule has 1 aliphatic rings. The predicted molar refractivity (Wildman–Crippen MR) is 161 cm³/mol. The van der Waals surface area contributed by atoms with Crippen molar-refractivity contribution in [1.82, 2.24) is 14.3 Å². The van der Waals surface area contributed by atoms with E-state index in [1.54, 1.807) is 30.5 Å². The standard InChI is InChI=1S/C32H25ClN4O3S/c1-3-40-31(39)27-20(2)34-32-37(29(27)22-14-16-24(33)17-15-22)30(38)26(41-32)18-23-19-36(25-12-8-5-9-13-25)35-28(23)21-10-6-4-7-11-21/h4-19,29H,3H2,1-2H3/b26-18-/t29-/m0/s1. The molecule has 0 unspecified atom stereocenters. The minimum absolute atomic E-state index is 0.209. The van der Waals surface area contributed by atoms with Crippen LogP contribution in [0.25, 0.3) is 23.0 Å². The lowest BCUT2D eigenvalue weighted by Gasteiger charge is -2.24. The largest absolute Gasteiger partial charge is 0.463 e. The number of carbonyl (C=O) groups excluding carboxylic acids is 1. The summed E-state index contributed by atoms with van der Waals surface area (Å²) in [4.78, 5) is 32.4. The number of esters is 1. The number of rotatable bonds is 6. The van der Waals surface area contributed by atoms with E-state index in [1.165, 1.54) is 11.3 Å². The number of para-hydroxylation sites is 1. The highest BCUT2D eigenvalue weighted by molar-refractivity contribution is 7.07. The van der Waals surface area contributed by atoms with Gasteiger partial charge in [0.05, 0.1) is 39.8 Å². The second-order valence-corrected chi connectivity index (χ2v) is 10.9. The van der Waals surface area contributed by atoms with Crippen LogP contribution in [0.5, 0.6) is 0 Å². The highest BCUT2D eigenvalue weighted by Gasteiger charge is 2.33. The quantitative estimate of drug-likeness (QED) is 0.255. The maximum atomic E-state index is 14.1. The summed E-state index contributed by atoms with van der Waals surface area (Å²) in [5.41, 5.74) is 4.69. The number of ether oxygens (including phenoxy) is 1. The van der Waals surface area contributed by atoms with Gasteiger partial charge in [0.1, 0.15) is 0 Å². The maximum absolute atomic E-state index is 14.1. The molecule has 0 saturated carbocycles. The summed E-state index contributed by atoms with van der Waals surface area (Å²) in [6, 6.07) is 26.1. The Balaban J connectivity index is 1.56. The Kier molecular flexibility index (Phi) is 7.26. The molecule has 0 N–H and O–H groups in total. The van der Waals surface area contributed by atoms with Crippen molar-refractivity contribution in [3.63, 3.8) is 0 Å². The molecule has 9 heteroatoms. The molecule has 0 aliphatic carbocycles. The molecule has 6 rings (SSSR count). The van der Waals surface area contributed by atoms with E-state index in [-0.39, 0.29) is 12.2 Å². The molecule has 1 aliphatic heterocycles. The van der Waals surface area contributed by atoms with E-state index < -0.39 is 12.0 Å². The second kappa shape index (κ2) is 11.2. The first kappa shape index (κ1) is 26.7. The number of hydrogen-bond acceptors (Lipinski definition) is 6. The minimum Gasteiger partial charge on any atom is -0.463 e. The molecule has 0 spiro atoms. The van der Waals surface area contributed by atoms with Crippen LogP contribution in [0.4, 0.5) is 0 Å². The number of halogens is 1. The average molecular weight is 581 g/mol. The van der Waals surface area contributed by atoms with Crippen LogP contribution in [-0.4, -0.2) is 26.9 Å². The highest BCUT2D eigenvalue weighted by atomic mass is 35.5. The molecule has 2 aromatic heterocycles. The van der Waals surface area contributed by atoms with E-state index >= 15 is 0 Å². The molecule has 0 amide bonds. The number of aromatic nitrogens is 3. The van der Waals surface area contributed by atoms with Gasteiger partial charge in [-0.05, 0) is 49.8 Å². The van der Waals surface area contributed by atoms with Crippen LogP contribution in [0.15, 0.2) is 112 Å². The summed E-state index contributed by atoms with van der Waals surface area (Å²) in [5, 5.41) is 5.43. The normalized spacial score (nSPS) is 15.0. The van der Waals surface area contributed by atoms with Gasteiger partial charge in [0.25, 0.3) is 5.56 Å². The van der Waals surface area contributed by atoms with Gasteiger partial charge in [-0.3, -0.25) is 9.36 Å². The summed E-state index contributed by atoms with van der Waals surface area (Å²) in [7, 11) is 0. The highest BCUT2D eigenvalue weighted by Crippen LogP contribution is 2.31. The monoisotopic (exact) mass is 580 g/mol. The Morgan fingerprint density at radius 1 is 1.02 bits per heavy atom. The van der Waals surface area contributed by atoms with E-state index in [9.17, 15) is 9.59 Å². The van der Waals surface area contributed by atoms with Crippen LogP contribution in [0.2, 0.25) is 5.02 Å². The molecule has 0 fully saturated rings. The number of allylic oxidation sites excluding steroid dienone is 1. The second-order valence-electron chi connectivity index (χ2n) is 9.43. The summed E-state index contributed by atoms with van der Waals surface area (Å²) >= 11 is 7.44. The van der Waals surface area contributed by atoms with Crippen molar-refractivity contribution >= 4 is 35.0 Å². The van der Waals surface area contributed by atoms with Gasteiger partial charge in [0.15, 0.2) is 4.80 Å².